The third-order valence-corrected chi connectivity index (χ3v) is 3.61. The van der Waals surface area contributed by atoms with E-state index in [0.717, 1.165) is 19.5 Å². The van der Waals surface area contributed by atoms with Crippen LogP contribution in [0.3, 0.4) is 0 Å². The summed E-state index contributed by atoms with van der Waals surface area (Å²) in [5.41, 5.74) is -0.846. The van der Waals surface area contributed by atoms with Gasteiger partial charge in [0.05, 0.1) is 6.07 Å². The van der Waals surface area contributed by atoms with E-state index in [0.29, 0.717) is 12.5 Å². The van der Waals surface area contributed by atoms with Gasteiger partial charge in [0, 0.05) is 19.1 Å². The Morgan fingerprint density at radius 3 is 2.62 bits per heavy atom. The molecule has 1 fully saturated rings. The number of hydrogen-bond acceptors (Lipinski definition) is 3. The van der Waals surface area contributed by atoms with Gasteiger partial charge in [0.2, 0.25) is 5.91 Å². The van der Waals surface area contributed by atoms with E-state index in [-0.39, 0.29) is 5.91 Å². The lowest BCUT2D eigenvalue weighted by atomic mass is 9.88. The van der Waals surface area contributed by atoms with E-state index in [9.17, 15) is 4.79 Å². The van der Waals surface area contributed by atoms with Crippen molar-refractivity contribution in [2.45, 2.75) is 32.7 Å². The highest BCUT2D eigenvalue weighted by molar-refractivity contribution is 5.85. The van der Waals surface area contributed by atoms with Crippen LogP contribution in [0.25, 0.3) is 0 Å². The molecule has 0 aromatic rings. The number of rotatable bonds is 3. The van der Waals surface area contributed by atoms with Crippen LogP contribution < -0.4 is 0 Å². The van der Waals surface area contributed by atoms with Crippen molar-refractivity contribution >= 4 is 5.91 Å². The molecule has 1 aliphatic rings. The fourth-order valence-corrected chi connectivity index (χ4v) is 1.97. The van der Waals surface area contributed by atoms with Crippen molar-refractivity contribution in [2.24, 2.45) is 5.41 Å². The number of likely N-dealkylation sites (tertiary alicyclic amines) is 1. The van der Waals surface area contributed by atoms with Gasteiger partial charge in [0.1, 0.15) is 5.41 Å². The molecule has 1 heterocycles. The van der Waals surface area contributed by atoms with Crippen LogP contribution in [0.2, 0.25) is 0 Å². The first-order valence-corrected chi connectivity index (χ1v) is 5.81. The van der Waals surface area contributed by atoms with Crippen LogP contribution in [0.15, 0.2) is 0 Å². The lowest BCUT2D eigenvalue weighted by Gasteiger charge is -2.26. The zero-order valence-electron chi connectivity index (χ0n) is 10.7. The summed E-state index contributed by atoms with van der Waals surface area (Å²) in [6, 6.07) is 2.58. The van der Waals surface area contributed by atoms with Crippen molar-refractivity contribution < 1.29 is 4.79 Å². The Hall–Kier alpha value is -1.08. The molecular formula is C12H21N3O. The monoisotopic (exact) mass is 223 g/mol. The predicted octanol–water partition coefficient (Wildman–Crippen LogP) is 1.09. The van der Waals surface area contributed by atoms with Gasteiger partial charge in [0.25, 0.3) is 0 Å². The van der Waals surface area contributed by atoms with Gasteiger partial charge in [-0.3, -0.25) is 4.79 Å². The molecular weight excluding hydrogens is 202 g/mol. The molecule has 4 heteroatoms. The van der Waals surface area contributed by atoms with E-state index < -0.39 is 5.41 Å². The van der Waals surface area contributed by atoms with Crippen molar-refractivity contribution in [3.05, 3.63) is 0 Å². The van der Waals surface area contributed by atoms with Gasteiger partial charge in [-0.25, -0.2) is 0 Å². The second-order valence-electron chi connectivity index (χ2n) is 4.95. The zero-order valence-corrected chi connectivity index (χ0v) is 10.7. The van der Waals surface area contributed by atoms with Crippen molar-refractivity contribution in [2.75, 3.05) is 27.2 Å². The molecule has 16 heavy (non-hydrogen) atoms. The maximum absolute atomic E-state index is 12.2. The molecule has 2 unspecified atom stereocenters. The molecule has 1 aliphatic heterocycles. The van der Waals surface area contributed by atoms with Gasteiger partial charge in [-0.1, -0.05) is 6.92 Å². The molecule has 0 radical (unpaired) electrons. The molecule has 0 aromatic heterocycles. The molecule has 4 nitrogen and oxygen atoms in total. The largest absolute Gasteiger partial charge is 0.340 e. The van der Waals surface area contributed by atoms with Crippen LogP contribution in [0.5, 0.6) is 0 Å². The van der Waals surface area contributed by atoms with Gasteiger partial charge in [0.15, 0.2) is 0 Å². The normalized spacial score (nSPS) is 24.2. The third-order valence-electron chi connectivity index (χ3n) is 3.61. The maximum Gasteiger partial charge on any atom is 0.242 e. The van der Waals surface area contributed by atoms with Crippen LogP contribution in [-0.2, 0) is 4.79 Å². The molecule has 0 aliphatic carbocycles. The molecule has 0 spiro atoms. The number of nitrogens with zero attached hydrogens (tertiary/aromatic N) is 3. The Morgan fingerprint density at radius 1 is 1.62 bits per heavy atom. The maximum atomic E-state index is 12.2. The third kappa shape index (κ3) is 2.35. The Balaban J connectivity index is 2.68. The number of likely N-dealkylation sites (N-methyl/N-ethyl adjacent to an activating group) is 1. The fraction of sp³-hybridized carbons (Fsp3) is 0.833. The molecule has 0 N–H and O–H groups in total. The second kappa shape index (κ2) is 4.84. The Morgan fingerprint density at radius 2 is 2.25 bits per heavy atom. The minimum Gasteiger partial charge on any atom is -0.340 e. The Kier molecular flexibility index (Phi) is 3.93. The van der Waals surface area contributed by atoms with Gasteiger partial charge in [-0.15, -0.1) is 0 Å². The van der Waals surface area contributed by atoms with Crippen LogP contribution >= 0.6 is 0 Å². The lowest BCUT2D eigenvalue weighted by Crippen LogP contribution is -2.42. The fourth-order valence-electron chi connectivity index (χ4n) is 1.97. The number of amides is 1. The Labute approximate surface area is 97.8 Å². The molecule has 0 bridgehead atoms. The van der Waals surface area contributed by atoms with Crippen LogP contribution in [0.1, 0.15) is 26.7 Å². The van der Waals surface area contributed by atoms with Gasteiger partial charge >= 0.3 is 0 Å². The van der Waals surface area contributed by atoms with Crippen molar-refractivity contribution in [1.29, 1.82) is 5.26 Å². The SMILES string of the molecule is CCC(C)(C#N)C(=O)N1CCC(N(C)C)C1. The zero-order chi connectivity index (χ0) is 12.3. The molecule has 0 aromatic carbocycles. The summed E-state index contributed by atoms with van der Waals surface area (Å²) in [5, 5.41) is 9.08. The van der Waals surface area contributed by atoms with Crippen LogP contribution in [-0.4, -0.2) is 48.9 Å². The highest BCUT2D eigenvalue weighted by Crippen LogP contribution is 2.26. The minimum absolute atomic E-state index is 0.0122. The number of nitriles is 1. The van der Waals surface area contributed by atoms with Gasteiger partial charge in [-0.2, -0.15) is 5.26 Å². The summed E-state index contributed by atoms with van der Waals surface area (Å²) in [7, 11) is 4.06. The molecule has 1 rings (SSSR count). The van der Waals surface area contributed by atoms with Crippen molar-refractivity contribution in [3.8, 4) is 6.07 Å². The lowest BCUT2D eigenvalue weighted by molar-refractivity contribution is -0.137. The van der Waals surface area contributed by atoms with E-state index in [1.54, 1.807) is 6.92 Å². The predicted molar refractivity (Wildman–Crippen MR) is 62.7 cm³/mol. The van der Waals surface area contributed by atoms with E-state index >= 15 is 0 Å². The van der Waals surface area contributed by atoms with Crippen LogP contribution in [0, 0.1) is 16.7 Å². The first kappa shape index (κ1) is 13.0. The summed E-state index contributed by atoms with van der Waals surface area (Å²) < 4.78 is 0. The van der Waals surface area contributed by atoms with E-state index in [4.69, 9.17) is 5.26 Å². The van der Waals surface area contributed by atoms with E-state index in [1.807, 2.05) is 25.9 Å². The summed E-state index contributed by atoms with van der Waals surface area (Å²) >= 11 is 0. The van der Waals surface area contributed by atoms with E-state index in [1.165, 1.54) is 0 Å². The van der Waals surface area contributed by atoms with Gasteiger partial charge < -0.3 is 9.80 Å². The molecule has 1 saturated heterocycles. The quantitative estimate of drug-likeness (QED) is 0.719. The molecule has 0 saturated carbocycles. The average molecular weight is 223 g/mol. The minimum atomic E-state index is -0.846. The summed E-state index contributed by atoms with van der Waals surface area (Å²) in [6.07, 6.45) is 1.58. The molecule has 90 valence electrons. The van der Waals surface area contributed by atoms with Crippen molar-refractivity contribution in [3.63, 3.8) is 0 Å². The highest BCUT2D eigenvalue weighted by Gasteiger charge is 2.38. The number of carbonyl (C=O) groups is 1. The standard InChI is InChI=1S/C12H21N3O/c1-5-12(2,9-13)11(16)15-7-6-10(8-15)14(3)4/h10H,5-8H2,1-4H3. The van der Waals surface area contributed by atoms with Crippen LogP contribution in [0.4, 0.5) is 0 Å². The molecule has 2 atom stereocenters. The first-order valence-electron chi connectivity index (χ1n) is 5.81. The average Bonchev–Trinajstić information content (AvgIpc) is 2.76. The molecule has 1 amide bonds. The Bertz CT molecular complexity index is 308. The summed E-state index contributed by atoms with van der Waals surface area (Å²) in [6.45, 7) is 5.15. The smallest absolute Gasteiger partial charge is 0.242 e. The number of hydrogen-bond donors (Lipinski definition) is 0. The topological polar surface area (TPSA) is 47.3 Å². The number of carbonyl (C=O) groups excluding carboxylic acids is 1. The summed E-state index contributed by atoms with van der Waals surface area (Å²) in [4.78, 5) is 16.2. The van der Waals surface area contributed by atoms with E-state index in [2.05, 4.69) is 11.0 Å². The summed E-state index contributed by atoms with van der Waals surface area (Å²) in [5.74, 6) is -0.0122. The second-order valence-corrected chi connectivity index (χ2v) is 4.95. The van der Waals surface area contributed by atoms with Crippen molar-refractivity contribution in [1.82, 2.24) is 9.80 Å². The van der Waals surface area contributed by atoms with Gasteiger partial charge in [-0.05, 0) is 33.9 Å². The first-order chi connectivity index (χ1) is 7.44. The highest BCUT2D eigenvalue weighted by atomic mass is 16.2.